The van der Waals surface area contributed by atoms with Gasteiger partial charge in [-0.3, -0.25) is 9.59 Å². The van der Waals surface area contributed by atoms with E-state index in [2.05, 4.69) is 4.98 Å². The van der Waals surface area contributed by atoms with Crippen LogP contribution in [0.2, 0.25) is 0 Å². The zero-order valence-electron chi connectivity index (χ0n) is 19.8. The first-order valence-electron chi connectivity index (χ1n) is 11.3. The molecule has 0 saturated carbocycles. The lowest BCUT2D eigenvalue weighted by atomic mass is 9.76. The quantitative estimate of drug-likeness (QED) is 0.663. The van der Waals surface area contributed by atoms with Crippen LogP contribution in [0.3, 0.4) is 0 Å². The molecule has 1 atom stereocenters. The molecule has 0 N–H and O–H groups in total. The van der Waals surface area contributed by atoms with Crippen molar-refractivity contribution in [3.05, 3.63) is 47.5 Å². The van der Waals surface area contributed by atoms with E-state index in [1.165, 1.54) is 11.0 Å². The van der Waals surface area contributed by atoms with E-state index in [9.17, 15) is 22.8 Å². The molecule has 2 aliphatic heterocycles. The summed E-state index contributed by atoms with van der Waals surface area (Å²) in [4.78, 5) is 35.0. The number of anilines is 1. The van der Waals surface area contributed by atoms with Crippen LogP contribution in [-0.2, 0) is 18.0 Å². The van der Waals surface area contributed by atoms with Crippen LogP contribution in [-0.4, -0.2) is 70.9 Å². The highest BCUT2D eigenvalue weighted by atomic mass is 19.4. The van der Waals surface area contributed by atoms with Gasteiger partial charge in [-0.2, -0.15) is 18.4 Å². The van der Waals surface area contributed by atoms with Crippen LogP contribution in [0, 0.1) is 16.7 Å². The van der Waals surface area contributed by atoms with Gasteiger partial charge in [0.25, 0.3) is 5.91 Å². The number of likely N-dealkylation sites (N-methyl/N-ethyl adjacent to an activating group) is 1. The Kier molecular flexibility index (Phi) is 6.25. The van der Waals surface area contributed by atoms with Gasteiger partial charge in [0, 0.05) is 58.9 Å². The predicted molar refractivity (Wildman–Crippen MR) is 121 cm³/mol. The zero-order valence-corrected chi connectivity index (χ0v) is 19.8. The van der Waals surface area contributed by atoms with Crippen molar-refractivity contribution in [2.45, 2.75) is 31.5 Å². The van der Waals surface area contributed by atoms with E-state index in [1.807, 2.05) is 0 Å². The number of halogens is 3. The fraction of sp³-hybridized carbons (Fsp3) is 0.500. The van der Waals surface area contributed by atoms with Gasteiger partial charge in [-0.1, -0.05) is 0 Å². The van der Waals surface area contributed by atoms with Gasteiger partial charge in [0.1, 0.15) is 6.04 Å². The molecule has 1 aromatic heterocycles. The van der Waals surface area contributed by atoms with E-state index in [0.29, 0.717) is 44.7 Å². The Balaban J connectivity index is 1.60. The van der Waals surface area contributed by atoms with E-state index >= 15 is 0 Å². The number of aryl methyl sites for hydroxylation is 1. The first-order chi connectivity index (χ1) is 16.5. The molecule has 2 fully saturated rings. The summed E-state index contributed by atoms with van der Waals surface area (Å²) >= 11 is 0. The first kappa shape index (κ1) is 24.6. The molecule has 35 heavy (non-hydrogen) atoms. The van der Waals surface area contributed by atoms with Gasteiger partial charge in [0.05, 0.1) is 17.2 Å². The Morgan fingerprint density at radius 3 is 2.46 bits per heavy atom. The van der Waals surface area contributed by atoms with Crippen molar-refractivity contribution in [1.29, 1.82) is 5.26 Å². The molecular formula is C24H27F3N6O2. The smallest absolute Gasteiger partial charge is 0.359 e. The standard InChI is InChI=1S/C24H27F3N6O2/c1-30(2)21(34)19-13-23(6-9-32(10-7-23)22(35)20-29-8-11-31(20)3)15-33(19)17-5-4-16(14-28)18(12-17)24(25,26)27/h4-5,8,11-12,19H,6-7,9-10,13,15H2,1-3H3. The Morgan fingerprint density at radius 2 is 1.91 bits per heavy atom. The lowest BCUT2D eigenvalue weighted by Crippen LogP contribution is -2.45. The highest BCUT2D eigenvalue weighted by molar-refractivity contribution is 5.91. The van der Waals surface area contributed by atoms with Gasteiger partial charge in [0.15, 0.2) is 5.82 Å². The normalized spacial score (nSPS) is 19.6. The zero-order chi connectivity index (χ0) is 25.5. The fourth-order valence-corrected chi connectivity index (χ4v) is 5.15. The molecule has 2 saturated heterocycles. The maximum absolute atomic E-state index is 13.6. The van der Waals surface area contributed by atoms with Crippen molar-refractivity contribution in [1.82, 2.24) is 19.4 Å². The summed E-state index contributed by atoms with van der Waals surface area (Å²) in [6.45, 7) is 1.35. The van der Waals surface area contributed by atoms with Crippen LogP contribution < -0.4 is 4.90 Å². The van der Waals surface area contributed by atoms with E-state index < -0.39 is 23.3 Å². The van der Waals surface area contributed by atoms with Crippen molar-refractivity contribution in [2.75, 3.05) is 38.6 Å². The van der Waals surface area contributed by atoms with Gasteiger partial charge in [0.2, 0.25) is 5.91 Å². The number of alkyl halides is 3. The van der Waals surface area contributed by atoms with E-state index in [-0.39, 0.29) is 22.9 Å². The maximum atomic E-state index is 13.6. The largest absolute Gasteiger partial charge is 0.417 e. The number of piperidine rings is 1. The molecule has 3 heterocycles. The van der Waals surface area contributed by atoms with Crippen molar-refractivity contribution >= 4 is 17.5 Å². The van der Waals surface area contributed by atoms with Gasteiger partial charge in [-0.25, -0.2) is 4.98 Å². The first-order valence-corrected chi connectivity index (χ1v) is 11.3. The number of carbonyl (C=O) groups is 2. The molecule has 4 rings (SSSR count). The number of nitriles is 1. The van der Waals surface area contributed by atoms with Crippen molar-refractivity contribution in [2.24, 2.45) is 12.5 Å². The highest BCUT2D eigenvalue weighted by Crippen LogP contribution is 2.46. The number of likely N-dealkylation sites (tertiary alicyclic amines) is 1. The average Bonchev–Trinajstić information content (AvgIpc) is 3.41. The lowest BCUT2D eigenvalue weighted by molar-refractivity contribution is -0.137. The van der Waals surface area contributed by atoms with Gasteiger partial charge < -0.3 is 19.3 Å². The summed E-state index contributed by atoms with van der Waals surface area (Å²) in [6.07, 6.45) is 0.320. The number of amides is 2. The van der Waals surface area contributed by atoms with Crippen LogP contribution in [0.4, 0.5) is 18.9 Å². The second kappa shape index (κ2) is 8.91. The number of imidazole rings is 1. The molecule has 1 aromatic carbocycles. The molecule has 1 spiro atoms. The molecule has 8 nitrogen and oxygen atoms in total. The van der Waals surface area contributed by atoms with E-state index in [1.54, 1.807) is 54.0 Å². The molecule has 0 bridgehead atoms. The van der Waals surface area contributed by atoms with Crippen LogP contribution in [0.5, 0.6) is 0 Å². The molecular weight excluding hydrogens is 461 g/mol. The number of benzene rings is 1. The van der Waals surface area contributed by atoms with Crippen LogP contribution in [0.25, 0.3) is 0 Å². The van der Waals surface area contributed by atoms with Crippen molar-refractivity contribution in [3.8, 4) is 6.07 Å². The Labute approximate surface area is 201 Å². The average molecular weight is 489 g/mol. The summed E-state index contributed by atoms with van der Waals surface area (Å²) in [5, 5.41) is 9.14. The summed E-state index contributed by atoms with van der Waals surface area (Å²) < 4.78 is 42.5. The van der Waals surface area contributed by atoms with E-state index in [4.69, 9.17) is 5.26 Å². The number of hydrogen-bond donors (Lipinski definition) is 0. The van der Waals surface area contributed by atoms with Crippen LogP contribution in [0.1, 0.15) is 41.0 Å². The minimum atomic E-state index is -4.68. The number of carbonyl (C=O) groups excluding carboxylic acids is 2. The highest BCUT2D eigenvalue weighted by Gasteiger charge is 2.49. The number of nitrogens with zero attached hydrogens (tertiary/aromatic N) is 6. The molecule has 11 heteroatoms. The third-order valence-corrected chi connectivity index (χ3v) is 7.12. The molecule has 186 valence electrons. The number of rotatable bonds is 3. The molecule has 2 aromatic rings. The summed E-state index contributed by atoms with van der Waals surface area (Å²) in [5.74, 6) is 0.00302. The third kappa shape index (κ3) is 4.57. The second-order valence-corrected chi connectivity index (χ2v) is 9.57. The van der Waals surface area contributed by atoms with Gasteiger partial charge >= 0.3 is 6.18 Å². The molecule has 2 aliphatic rings. The second-order valence-electron chi connectivity index (χ2n) is 9.57. The maximum Gasteiger partial charge on any atom is 0.417 e. The lowest BCUT2D eigenvalue weighted by Gasteiger charge is -2.39. The van der Waals surface area contributed by atoms with Crippen molar-refractivity contribution < 1.29 is 22.8 Å². The summed E-state index contributed by atoms with van der Waals surface area (Å²) in [7, 11) is 5.00. The number of aromatic nitrogens is 2. The monoisotopic (exact) mass is 488 g/mol. The summed E-state index contributed by atoms with van der Waals surface area (Å²) in [5.41, 5.74) is -1.52. The Bertz CT molecular complexity index is 1170. The molecule has 0 radical (unpaired) electrons. The molecule has 1 unspecified atom stereocenters. The minimum Gasteiger partial charge on any atom is -0.359 e. The predicted octanol–water partition coefficient (Wildman–Crippen LogP) is 2.90. The Morgan fingerprint density at radius 1 is 1.23 bits per heavy atom. The van der Waals surface area contributed by atoms with Gasteiger partial charge in [-0.15, -0.1) is 0 Å². The van der Waals surface area contributed by atoms with Crippen molar-refractivity contribution in [3.63, 3.8) is 0 Å². The minimum absolute atomic E-state index is 0.162. The van der Waals surface area contributed by atoms with Gasteiger partial charge in [-0.05, 0) is 42.9 Å². The van der Waals surface area contributed by atoms with Crippen LogP contribution >= 0.6 is 0 Å². The molecule has 2 amide bonds. The van der Waals surface area contributed by atoms with E-state index in [0.717, 1.165) is 12.1 Å². The summed E-state index contributed by atoms with van der Waals surface area (Å²) in [6, 6.07) is 4.57. The topological polar surface area (TPSA) is 85.5 Å². The molecule has 0 aliphatic carbocycles. The fourth-order valence-electron chi connectivity index (χ4n) is 5.15. The number of hydrogen-bond acceptors (Lipinski definition) is 5. The SMILES string of the molecule is CN(C)C(=O)C1CC2(CCN(C(=O)c3nccn3C)CC2)CN1c1ccc(C#N)c(C(F)(F)F)c1. The van der Waals surface area contributed by atoms with Crippen LogP contribution in [0.15, 0.2) is 30.6 Å². The Hall–Kier alpha value is -3.55. The third-order valence-electron chi connectivity index (χ3n) is 7.12.